The molecule has 1 aromatic carbocycles. The molecule has 4 aromatic rings. The first-order valence-corrected chi connectivity index (χ1v) is 9.14. The van der Waals surface area contributed by atoms with E-state index in [-0.39, 0.29) is 0 Å². The maximum absolute atomic E-state index is 5.70. The molecule has 0 fully saturated rings. The molecule has 5 rings (SSSR count). The van der Waals surface area contributed by atoms with Crippen molar-refractivity contribution >= 4 is 0 Å². The number of aromatic nitrogens is 2. The molecule has 0 bridgehead atoms. The molecule has 0 aliphatic heterocycles. The van der Waals surface area contributed by atoms with Gasteiger partial charge in [0.2, 0.25) is 0 Å². The van der Waals surface area contributed by atoms with E-state index in [1.54, 1.807) is 6.26 Å². The summed E-state index contributed by atoms with van der Waals surface area (Å²) in [5.41, 5.74) is 6.01. The summed E-state index contributed by atoms with van der Waals surface area (Å²) in [6.45, 7) is 0.849. The van der Waals surface area contributed by atoms with Gasteiger partial charge in [0.25, 0.3) is 0 Å². The zero-order valence-corrected chi connectivity index (χ0v) is 14.5. The van der Waals surface area contributed by atoms with Crippen LogP contribution in [0.1, 0.15) is 29.7 Å². The molecule has 0 atom stereocenters. The zero-order chi connectivity index (χ0) is 17.3. The van der Waals surface area contributed by atoms with Gasteiger partial charge in [0.1, 0.15) is 5.69 Å². The van der Waals surface area contributed by atoms with Gasteiger partial charge in [0.15, 0.2) is 11.5 Å². The van der Waals surface area contributed by atoms with E-state index in [0.29, 0.717) is 0 Å². The Hall–Kier alpha value is -3.01. The minimum Gasteiger partial charge on any atom is -0.463 e. The number of hydrogen-bond acceptors (Lipinski definition) is 3. The lowest BCUT2D eigenvalue weighted by atomic mass is 9.98. The average Bonchev–Trinajstić information content (AvgIpc) is 3.42. The minimum absolute atomic E-state index is 0.728. The first kappa shape index (κ1) is 15.3. The van der Waals surface area contributed by atoms with Gasteiger partial charge in [0, 0.05) is 18.3 Å². The summed E-state index contributed by atoms with van der Waals surface area (Å²) < 4.78 is 13.5. The molecule has 0 N–H and O–H groups in total. The van der Waals surface area contributed by atoms with Gasteiger partial charge >= 0.3 is 0 Å². The zero-order valence-electron chi connectivity index (χ0n) is 14.5. The molecule has 1 aliphatic rings. The monoisotopic (exact) mass is 344 g/mol. The second-order valence-corrected chi connectivity index (χ2v) is 6.83. The Kier molecular flexibility index (Phi) is 3.74. The predicted molar refractivity (Wildman–Crippen MR) is 99.8 cm³/mol. The summed E-state index contributed by atoms with van der Waals surface area (Å²) in [4.78, 5) is 0. The predicted octanol–water partition coefficient (Wildman–Crippen LogP) is 5.33. The highest BCUT2D eigenvalue weighted by Gasteiger charge is 2.22. The highest BCUT2D eigenvalue weighted by Crippen LogP contribution is 2.33. The maximum Gasteiger partial charge on any atom is 0.184 e. The third-order valence-corrected chi connectivity index (χ3v) is 5.13. The standard InChI is InChI=1S/C22H20N2O2/c1-2-7-16(8-3-1)15-24-19-10-5-4-9-17(19)13-20(24)22-14-18(23-26-22)21-11-6-12-25-21/h1-3,6-8,11-14H,4-5,9-10,15H2. The molecule has 130 valence electrons. The van der Waals surface area contributed by atoms with Crippen LogP contribution in [0.5, 0.6) is 0 Å². The van der Waals surface area contributed by atoms with Crippen LogP contribution in [0.3, 0.4) is 0 Å². The largest absolute Gasteiger partial charge is 0.463 e. The van der Waals surface area contributed by atoms with Crippen LogP contribution < -0.4 is 0 Å². The van der Waals surface area contributed by atoms with E-state index in [9.17, 15) is 0 Å². The lowest BCUT2D eigenvalue weighted by molar-refractivity contribution is 0.428. The van der Waals surface area contributed by atoms with Crippen LogP contribution in [0.25, 0.3) is 22.9 Å². The number of nitrogens with zero attached hydrogens (tertiary/aromatic N) is 2. The number of aryl methyl sites for hydroxylation is 1. The highest BCUT2D eigenvalue weighted by atomic mass is 16.5. The summed E-state index contributed by atoms with van der Waals surface area (Å²) in [7, 11) is 0. The fourth-order valence-corrected chi connectivity index (χ4v) is 3.85. The van der Waals surface area contributed by atoms with E-state index in [0.717, 1.165) is 42.3 Å². The molecule has 0 saturated carbocycles. The fraction of sp³-hybridized carbons (Fsp3) is 0.227. The Morgan fingerprint density at radius 1 is 0.923 bits per heavy atom. The van der Waals surface area contributed by atoms with Gasteiger partial charge in [-0.25, -0.2) is 0 Å². The topological polar surface area (TPSA) is 44.1 Å². The van der Waals surface area contributed by atoms with Crippen LogP contribution in [0.2, 0.25) is 0 Å². The Morgan fingerprint density at radius 3 is 2.65 bits per heavy atom. The van der Waals surface area contributed by atoms with Crippen molar-refractivity contribution in [1.29, 1.82) is 0 Å². The van der Waals surface area contributed by atoms with E-state index >= 15 is 0 Å². The van der Waals surface area contributed by atoms with Crippen molar-refractivity contribution < 1.29 is 8.94 Å². The number of hydrogen-bond donors (Lipinski definition) is 0. The minimum atomic E-state index is 0.728. The molecule has 0 unspecified atom stereocenters. The van der Waals surface area contributed by atoms with Gasteiger partial charge in [-0.15, -0.1) is 0 Å². The molecular formula is C22H20N2O2. The quantitative estimate of drug-likeness (QED) is 0.502. The van der Waals surface area contributed by atoms with Crippen LogP contribution in [-0.4, -0.2) is 9.72 Å². The van der Waals surface area contributed by atoms with Crippen molar-refractivity contribution in [2.24, 2.45) is 0 Å². The van der Waals surface area contributed by atoms with Gasteiger partial charge in [-0.1, -0.05) is 35.5 Å². The maximum atomic E-state index is 5.70. The van der Waals surface area contributed by atoms with E-state index in [4.69, 9.17) is 8.94 Å². The van der Waals surface area contributed by atoms with E-state index in [2.05, 4.69) is 46.1 Å². The van der Waals surface area contributed by atoms with E-state index in [1.165, 1.54) is 29.7 Å². The second kappa shape index (κ2) is 6.37. The van der Waals surface area contributed by atoms with E-state index < -0.39 is 0 Å². The van der Waals surface area contributed by atoms with Crippen LogP contribution in [0.4, 0.5) is 0 Å². The number of fused-ring (bicyclic) bond motifs is 1. The summed E-state index contributed by atoms with van der Waals surface area (Å²) >= 11 is 0. The van der Waals surface area contributed by atoms with Crippen LogP contribution in [-0.2, 0) is 19.4 Å². The molecule has 3 heterocycles. The number of benzene rings is 1. The van der Waals surface area contributed by atoms with Crippen molar-refractivity contribution in [3.05, 3.63) is 77.7 Å². The van der Waals surface area contributed by atoms with E-state index in [1.807, 2.05) is 18.2 Å². The van der Waals surface area contributed by atoms with Crippen LogP contribution in [0, 0.1) is 0 Å². The molecule has 26 heavy (non-hydrogen) atoms. The van der Waals surface area contributed by atoms with Crippen molar-refractivity contribution in [2.75, 3.05) is 0 Å². The summed E-state index contributed by atoms with van der Waals surface area (Å²) in [5.74, 6) is 1.52. The van der Waals surface area contributed by atoms with Gasteiger partial charge in [0.05, 0.1) is 12.0 Å². The third kappa shape index (κ3) is 2.68. The molecular weight excluding hydrogens is 324 g/mol. The molecule has 4 heteroatoms. The van der Waals surface area contributed by atoms with Gasteiger partial charge in [-0.2, -0.15) is 0 Å². The Balaban J connectivity index is 1.59. The Bertz CT molecular complexity index is 1010. The molecule has 0 spiro atoms. The van der Waals surface area contributed by atoms with Gasteiger partial charge in [-0.3, -0.25) is 0 Å². The normalized spacial score (nSPS) is 13.7. The smallest absolute Gasteiger partial charge is 0.184 e. The average molecular weight is 344 g/mol. The molecule has 0 amide bonds. The Morgan fingerprint density at radius 2 is 1.81 bits per heavy atom. The SMILES string of the molecule is c1ccc(Cn2c(-c3cc(-c4ccco4)no3)cc3c2CCCC3)cc1. The van der Waals surface area contributed by atoms with Crippen LogP contribution >= 0.6 is 0 Å². The van der Waals surface area contributed by atoms with Crippen molar-refractivity contribution in [3.63, 3.8) is 0 Å². The highest BCUT2D eigenvalue weighted by molar-refractivity contribution is 5.63. The number of rotatable bonds is 4. The van der Waals surface area contributed by atoms with Crippen molar-refractivity contribution in [1.82, 2.24) is 9.72 Å². The second-order valence-electron chi connectivity index (χ2n) is 6.83. The summed E-state index contributed by atoms with van der Waals surface area (Å²) in [6, 6.07) is 18.6. The first-order valence-electron chi connectivity index (χ1n) is 9.14. The summed E-state index contributed by atoms with van der Waals surface area (Å²) in [5, 5.41) is 4.21. The molecule has 4 nitrogen and oxygen atoms in total. The van der Waals surface area contributed by atoms with Crippen molar-refractivity contribution in [3.8, 4) is 22.9 Å². The lowest BCUT2D eigenvalue weighted by Gasteiger charge is -2.16. The fourth-order valence-electron chi connectivity index (χ4n) is 3.85. The molecule has 3 aromatic heterocycles. The van der Waals surface area contributed by atoms with Crippen LogP contribution in [0.15, 0.2) is 69.8 Å². The van der Waals surface area contributed by atoms with Gasteiger partial charge < -0.3 is 13.5 Å². The van der Waals surface area contributed by atoms with Gasteiger partial charge in [-0.05, 0) is 55.0 Å². The van der Waals surface area contributed by atoms with Crippen molar-refractivity contribution in [2.45, 2.75) is 32.2 Å². The Labute approximate surface area is 152 Å². The molecule has 1 aliphatic carbocycles. The molecule has 0 radical (unpaired) electrons. The number of furan rings is 1. The lowest BCUT2D eigenvalue weighted by Crippen LogP contribution is -2.10. The first-order chi connectivity index (χ1) is 12.9. The molecule has 0 saturated heterocycles. The third-order valence-electron chi connectivity index (χ3n) is 5.13. The summed E-state index contributed by atoms with van der Waals surface area (Å²) in [6.07, 6.45) is 6.43.